The minimum Gasteiger partial charge on any atom is -0.501 e. The highest BCUT2D eigenvalue weighted by Gasteiger charge is 2.02. The monoisotopic (exact) mass is 144 g/mol. The molecule has 10 heavy (non-hydrogen) atoms. The van der Waals surface area contributed by atoms with E-state index in [0.29, 0.717) is 0 Å². The van der Waals surface area contributed by atoms with Crippen molar-refractivity contribution in [2.45, 2.75) is 26.4 Å². The van der Waals surface area contributed by atoms with E-state index in [2.05, 4.69) is 0 Å². The molecule has 0 fully saturated rings. The minimum atomic E-state index is 0.242. The van der Waals surface area contributed by atoms with Crippen LogP contribution in [0.25, 0.3) is 0 Å². The highest BCUT2D eigenvalue weighted by atomic mass is 16.5. The van der Waals surface area contributed by atoms with Gasteiger partial charge in [-0.3, -0.25) is 0 Å². The Kier molecular flexibility index (Phi) is 5.03. The topological polar surface area (TPSA) is 18.5 Å². The molecule has 1 unspecified atom stereocenters. The van der Waals surface area contributed by atoms with Crippen LogP contribution in [0, 0.1) is 0 Å². The third kappa shape index (κ3) is 3.51. The van der Waals surface area contributed by atoms with E-state index in [1.54, 1.807) is 14.2 Å². The van der Waals surface area contributed by atoms with E-state index in [4.69, 9.17) is 9.47 Å². The van der Waals surface area contributed by atoms with Crippen molar-refractivity contribution in [2.24, 2.45) is 0 Å². The first-order valence-electron chi connectivity index (χ1n) is 3.46. The first-order valence-corrected chi connectivity index (χ1v) is 3.46. The van der Waals surface area contributed by atoms with Gasteiger partial charge in [-0.1, -0.05) is 0 Å². The number of rotatable bonds is 4. The van der Waals surface area contributed by atoms with Crippen LogP contribution in [0.5, 0.6) is 0 Å². The summed E-state index contributed by atoms with van der Waals surface area (Å²) in [4.78, 5) is 0. The van der Waals surface area contributed by atoms with E-state index in [1.165, 1.54) is 0 Å². The molecule has 0 aliphatic rings. The molecule has 0 saturated carbocycles. The van der Waals surface area contributed by atoms with Crippen molar-refractivity contribution in [1.29, 1.82) is 0 Å². The van der Waals surface area contributed by atoms with Gasteiger partial charge in [0.05, 0.1) is 19.0 Å². The van der Waals surface area contributed by atoms with E-state index < -0.39 is 0 Å². The molecule has 2 nitrogen and oxygen atoms in total. The van der Waals surface area contributed by atoms with Gasteiger partial charge in [0, 0.05) is 13.5 Å². The molecule has 0 N–H and O–H groups in total. The van der Waals surface area contributed by atoms with Gasteiger partial charge in [-0.25, -0.2) is 0 Å². The SMILES string of the molecule is C/C=C(\CC(C)OC)OC. The Balaban J connectivity index is 3.64. The quantitative estimate of drug-likeness (QED) is 0.561. The van der Waals surface area contributed by atoms with Gasteiger partial charge in [0.1, 0.15) is 0 Å². The summed E-state index contributed by atoms with van der Waals surface area (Å²) in [5.41, 5.74) is 0. The Morgan fingerprint density at radius 2 is 2.10 bits per heavy atom. The van der Waals surface area contributed by atoms with Crippen LogP contribution in [-0.4, -0.2) is 20.3 Å². The molecule has 0 aliphatic heterocycles. The first-order chi connectivity index (χ1) is 4.74. The summed E-state index contributed by atoms with van der Waals surface area (Å²) in [6.45, 7) is 3.98. The van der Waals surface area contributed by atoms with E-state index in [9.17, 15) is 0 Å². The lowest BCUT2D eigenvalue weighted by atomic mass is 10.2. The number of hydrogen-bond acceptors (Lipinski definition) is 2. The molecular weight excluding hydrogens is 128 g/mol. The molecule has 0 bridgehead atoms. The summed E-state index contributed by atoms with van der Waals surface area (Å²) in [6.07, 6.45) is 3.05. The summed E-state index contributed by atoms with van der Waals surface area (Å²) in [6, 6.07) is 0. The van der Waals surface area contributed by atoms with Crippen LogP contribution < -0.4 is 0 Å². The molecular formula is C8H16O2. The Labute approximate surface area is 62.8 Å². The van der Waals surface area contributed by atoms with Gasteiger partial charge in [-0.2, -0.15) is 0 Å². The van der Waals surface area contributed by atoms with Gasteiger partial charge < -0.3 is 9.47 Å². The predicted molar refractivity (Wildman–Crippen MR) is 41.9 cm³/mol. The standard InChI is InChI=1S/C8H16O2/c1-5-8(10-4)6-7(2)9-3/h5,7H,6H2,1-4H3/b8-5+. The zero-order chi connectivity index (χ0) is 7.98. The van der Waals surface area contributed by atoms with Gasteiger partial charge in [-0.05, 0) is 19.9 Å². The summed E-state index contributed by atoms with van der Waals surface area (Å²) < 4.78 is 10.1. The van der Waals surface area contributed by atoms with Crippen LogP contribution in [0.2, 0.25) is 0 Å². The molecule has 0 aromatic carbocycles. The van der Waals surface area contributed by atoms with Crippen LogP contribution in [0.15, 0.2) is 11.8 Å². The second-order valence-corrected chi connectivity index (χ2v) is 2.21. The van der Waals surface area contributed by atoms with Crippen molar-refractivity contribution in [2.75, 3.05) is 14.2 Å². The zero-order valence-electron chi connectivity index (χ0n) is 7.18. The van der Waals surface area contributed by atoms with Crippen LogP contribution in [0.3, 0.4) is 0 Å². The zero-order valence-corrected chi connectivity index (χ0v) is 7.18. The Hall–Kier alpha value is -0.500. The molecule has 0 aromatic rings. The average molecular weight is 144 g/mol. The molecule has 0 aliphatic carbocycles. The summed E-state index contributed by atoms with van der Waals surface area (Å²) in [5.74, 6) is 0.981. The van der Waals surface area contributed by atoms with Gasteiger partial charge in [-0.15, -0.1) is 0 Å². The molecule has 0 radical (unpaired) electrons. The fraction of sp³-hybridized carbons (Fsp3) is 0.750. The van der Waals surface area contributed by atoms with Crippen LogP contribution in [-0.2, 0) is 9.47 Å². The summed E-state index contributed by atoms with van der Waals surface area (Å²) >= 11 is 0. The molecule has 0 amide bonds. The van der Waals surface area contributed by atoms with Gasteiger partial charge in [0.15, 0.2) is 0 Å². The smallest absolute Gasteiger partial charge is 0.0938 e. The van der Waals surface area contributed by atoms with Crippen molar-refractivity contribution < 1.29 is 9.47 Å². The summed E-state index contributed by atoms with van der Waals surface area (Å²) in [5, 5.41) is 0. The van der Waals surface area contributed by atoms with Crippen molar-refractivity contribution in [3.8, 4) is 0 Å². The van der Waals surface area contributed by atoms with Crippen molar-refractivity contribution in [1.82, 2.24) is 0 Å². The number of ether oxygens (including phenoxy) is 2. The average Bonchev–Trinajstić information content (AvgIpc) is 1.99. The minimum absolute atomic E-state index is 0.242. The van der Waals surface area contributed by atoms with Gasteiger partial charge in [0.2, 0.25) is 0 Å². The first kappa shape index (κ1) is 9.50. The van der Waals surface area contributed by atoms with E-state index in [1.807, 2.05) is 19.9 Å². The summed E-state index contributed by atoms with van der Waals surface area (Å²) in [7, 11) is 3.38. The number of allylic oxidation sites excluding steroid dienone is 1. The van der Waals surface area contributed by atoms with Gasteiger partial charge >= 0.3 is 0 Å². The number of methoxy groups -OCH3 is 2. The fourth-order valence-electron chi connectivity index (χ4n) is 0.686. The van der Waals surface area contributed by atoms with Crippen LogP contribution in [0.4, 0.5) is 0 Å². The van der Waals surface area contributed by atoms with Crippen molar-refractivity contribution in [3.05, 3.63) is 11.8 Å². The Morgan fingerprint density at radius 1 is 1.50 bits per heavy atom. The highest BCUT2D eigenvalue weighted by molar-refractivity contribution is 4.91. The number of hydrogen-bond donors (Lipinski definition) is 0. The normalized spacial score (nSPS) is 15.0. The lowest BCUT2D eigenvalue weighted by Gasteiger charge is -2.10. The van der Waals surface area contributed by atoms with E-state index >= 15 is 0 Å². The molecule has 0 rings (SSSR count). The molecule has 60 valence electrons. The van der Waals surface area contributed by atoms with Crippen molar-refractivity contribution in [3.63, 3.8) is 0 Å². The van der Waals surface area contributed by atoms with Crippen LogP contribution >= 0.6 is 0 Å². The van der Waals surface area contributed by atoms with Gasteiger partial charge in [0.25, 0.3) is 0 Å². The van der Waals surface area contributed by atoms with Crippen molar-refractivity contribution >= 4 is 0 Å². The molecule has 0 saturated heterocycles. The second kappa shape index (κ2) is 5.30. The molecule has 0 aromatic heterocycles. The maximum absolute atomic E-state index is 5.06. The highest BCUT2D eigenvalue weighted by Crippen LogP contribution is 2.07. The second-order valence-electron chi connectivity index (χ2n) is 2.21. The molecule has 2 heteroatoms. The molecule has 1 atom stereocenters. The maximum atomic E-state index is 5.06. The third-order valence-corrected chi connectivity index (χ3v) is 1.48. The Bertz CT molecular complexity index is 108. The molecule has 0 heterocycles. The third-order valence-electron chi connectivity index (χ3n) is 1.48. The van der Waals surface area contributed by atoms with E-state index in [-0.39, 0.29) is 6.10 Å². The Morgan fingerprint density at radius 3 is 2.40 bits per heavy atom. The fourth-order valence-corrected chi connectivity index (χ4v) is 0.686. The van der Waals surface area contributed by atoms with E-state index in [0.717, 1.165) is 12.2 Å². The lowest BCUT2D eigenvalue weighted by molar-refractivity contribution is 0.102. The largest absolute Gasteiger partial charge is 0.501 e. The lowest BCUT2D eigenvalue weighted by Crippen LogP contribution is -2.06. The van der Waals surface area contributed by atoms with Crippen LogP contribution in [0.1, 0.15) is 20.3 Å². The maximum Gasteiger partial charge on any atom is 0.0938 e. The molecule has 0 spiro atoms. The predicted octanol–water partition coefficient (Wildman–Crippen LogP) is 1.96.